The van der Waals surface area contributed by atoms with Crippen LogP contribution in [0.1, 0.15) is 18.7 Å². The lowest BCUT2D eigenvalue weighted by atomic mass is 9.97. The zero-order valence-electron chi connectivity index (χ0n) is 17.2. The molecule has 1 aliphatic rings. The van der Waals surface area contributed by atoms with Crippen LogP contribution in [-0.4, -0.2) is 46.3 Å². The summed E-state index contributed by atoms with van der Waals surface area (Å²) in [5.74, 6) is 2.17. The quantitative estimate of drug-likeness (QED) is 0.359. The van der Waals surface area contributed by atoms with E-state index in [1.807, 2.05) is 42.5 Å². The van der Waals surface area contributed by atoms with Crippen LogP contribution >= 0.6 is 27.7 Å². The maximum Gasteiger partial charge on any atom is 0.241 e. The summed E-state index contributed by atoms with van der Waals surface area (Å²) < 4.78 is 6.43. The number of piperidine rings is 1. The van der Waals surface area contributed by atoms with Crippen LogP contribution in [0.4, 0.5) is 0 Å². The van der Waals surface area contributed by atoms with Gasteiger partial charge in [0.15, 0.2) is 0 Å². The number of carbonyl (C=O) groups excluding carboxylic acids is 1. The van der Waals surface area contributed by atoms with Gasteiger partial charge in [0, 0.05) is 33.8 Å². The number of nitrogens with one attached hydrogen (secondary N) is 1. The van der Waals surface area contributed by atoms with Gasteiger partial charge in [-0.05, 0) is 43.7 Å². The number of thioether (sulfide) groups is 1. The molecule has 1 amide bonds. The molecule has 31 heavy (non-hydrogen) atoms. The van der Waals surface area contributed by atoms with Gasteiger partial charge in [-0.3, -0.25) is 9.69 Å². The van der Waals surface area contributed by atoms with E-state index in [-0.39, 0.29) is 11.8 Å². The molecule has 1 atom stereocenters. The van der Waals surface area contributed by atoms with Crippen molar-refractivity contribution in [1.82, 2.24) is 20.4 Å². The van der Waals surface area contributed by atoms with Crippen molar-refractivity contribution in [2.45, 2.75) is 24.3 Å². The molecule has 0 aliphatic carbocycles. The van der Waals surface area contributed by atoms with Crippen molar-refractivity contribution in [1.29, 1.82) is 0 Å². The van der Waals surface area contributed by atoms with Gasteiger partial charge in [0.1, 0.15) is 0 Å². The van der Waals surface area contributed by atoms with Crippen molar-refractivity contribution in [2.24, 2.45) is 5.92 Å². The van der Waals surface area contributed by atoms with Crippen molar-refractivity contribution in [3.8, 4) is 11.4 Å². The summed E-state index contributed by atoms with van der Waals surface area (Å²) in [5, 5.41) is 7.20. The molecular weight excluding hydrogens is 476 g/mol. The number of amides is 1. The SMILES string of the molecule is O=C(NCCSc1ccccc1)C1CCCN(Cc2nc(-c3cccc(Br)c3)no2)C1. The minimum Gasteiger partial charge on any atom is -0.355 e. The number of benzene rings is 2. The predicted molar refractivity (Wildman–Crippen MR) is 126 cm³/mol. The molecule has 0 spiro atoms. The summed E-state index contributed by atoms with van der Waals surface area (Å²) in [4.78, 5) is 20.6. The van der Waals surface area contributed by atoms with Crippen molar-refractivity contribution in [3.63, 3.8) is 0 Å². The Labute approximate surface area is 194 Å². The molecule has 1 aromatic heterocycles. The summed E-state index contributed by atoms with van der Waals surface area (Å²) in [6, 6.07) is 18.1. The van der Waals surface area contributed by atoms with Gasteiger partial charge in [0.2, 0.25) is 17.6 Å². The van der Waals surface area contributed by atoms with Crippen LogP contribution in [0.15, 0.2) is 68.5 Å². The van der Waals surface area contributed by atoms with Gasteiger partial charge in [-0.1, -0.05) is 51.4 Å². The van der Waals surface area contributed by atoms with E-state index in [0.717, 1.165) is 35.2 Å². The van der Waals surface area contributed by atoms with Gasteiger partial charge < -0.3 is 9.84 Å². The number of halogens is 1. The minimum absolute atomic E-state index is 0.00273. The van der Waals surface area contributed by atoms with E-state index in [2.05, 4.69) is 48.4 Å². The molecule has 3 aromatic rings. The fourth-order valence-corrected chi connectivity index (χ4v) is 4.86. The first-order chi connectivity index (χ1) is 15.2. The molecular formula is C23H25BrN4O2S. The Balaban J connectivity index is 1.24. The highest BCUT2D eigenvalue weighted by Crippen LogP contribution is 2.22. The number of carbonyl (C=O) groups is 1. The van der Waals surface area contributed by atoms with Gasteiger partial charge in [-0.15, -0.1) is 11.8 Å². The van der Waals surface area contributed by atoms with E-state index in [1.165, 1.54) is 4.90 Å². The molecule has 2 heterocycles. The molecule has 4 rings (SSSR count). The Bertz CT molecular complexity index is 998. The van der Waals surface area contributed by atoms with Crippen LogP contribution in [0.5, 0.6) is 0 Å². The third-order valence-corrected chi connectivity index (χ3v) is 6.71. The van der Waals surface area contributed by atoms with Crippen LogP contribution in [0.2, 0.25) is 0 Å². The van der Waals surface area contributed by atoms with E-state index in [4.69, 9.17) is 4.52 Å². The van der Waals surface area contributed by atoms with E-state index in [1.54, 1.807) is 11.8 Å². The Morgan fingerprint density at radius 2 is 2.10 bits per heavy atom. The smallest absolute Gasteiger partial charge is 0.241 e. The highest BCUT2D eigenvalue weighted by molar-refractivity contribution is 9.10. The molecule has 162 valence electrons. The molecule has 8 heteroatoms. The standard InChI is InChI=1S/C23H25BrN4O2S/c24-19-8-4-6-17(14-19)22-26-21(30-27-22)16-28-12-5-7-18(15-28)23(29)25-11-13-31-20-9-2-1-3-10-20/h1-4,6,8-10,14,18H,5,7,11-13,15-16H2,(H,25,29). The van der Waals surface area contributed by atoms with Gasteiger partial charge >= 0.3 is 0 Å². The van der Waals surface area contributed by atoms with Crippen LogP contribution in [0.3, 0.4) is 0 Å². The summed E-state index contributed by atoms with van der Waals surface area (Å²) in [6.45, 7) is 2.89. The first kappa shape index (κ1) is 22.0. The molecule has 6 nitrogen and oxygen atoms in total. The van der Waals surface area contributed by atoms with Crippen LogP contribution in [0.25, 0.3) is 11.4 Å². The first-order valence-electron chi connectivity index (χ1n) is 10.4. The van der Waals surface area contributed by atoms with Gasteiger partial charge in [0.05, 0.1) is 12.5 Å². The maximum atomic E-state index is 12.6. The van der Waals surface area contributed by atoms with Crippen LogP contribution in [0, 0.1) is 5.92 Å². The predicted octanol–water partition coefficient (Wildman–Crippen LogP) is 4.62. The number of rotatable bonds is 8. The largest absolute Gasteiger partial charge is 0.355 e. The molecule has 2 aromatic carbocycles. The van der Waals surface area contributed by atoms with Crippen LogP contribution in [-0.2, 0) is 11.3 Å². The van der Waals surface area contributed by atoms with Crippen molar-refractivity contribution < 1.29 is 9.32 Å². The summed E-state index contributed by atoms with van der Waals surface area (Å²) >= 11 is 5.22. The van der Waals surface area contributed by atoms with Crippen molar-refractivity contribution in [2.75, 3.05) is 25.4 Å². The molecule has 1 saturated heterocycles. The zero-order chi connectivity index (χ0) is 21.5. The zero-order valence-corrected chi connectivity index (χ0v) is 19.6. The third-order valence-electron chi connectivity index (χ3n) is 5.20. The Morgan fingerprint density at radius 1 is 1.23 bits per heavy atom. The molecule has 1 unspecified atom stereocenters. The van der Waals surface area contributed by atoms with Gasteiger partial charge in [-0.25, -0.2) is 0 Å². The van der Waals surface area contributed by atoms with Gasteiger partial charge in [0.25, 0.3) is 0 Å². The second kappa shape index (κ2) is 10.9. The highest BCUT2D eigenvalue weighted by Gasteiger charge is 2.26. The van der Waals surface area contributed by atoms with E-state index in [0.29, 0.717) is 31.3 Å². The number of nitrogens with zero attached hydrogens (tertiary/aromatic N) is 3. The number of hydrogen-bond acceptors (Lipinski definition) is 6. The lowest BCUT2D eigenvalue weighted by molar-refractivity contribution is -0.126. The molecule has 0 bridgehead atoms. The fourth-order valence-electron chi connectivity index (χ4n) is 3.67. The van der Waals surface area contributed by atoms with E-state index in [9.17, 15) is 4.79 Å². The molecule has 0 saturated carbocycles. The molecule has 1 N–H and O–H groups in total. The fraction of sp³-hybridized carbons (Fsp3) is 0.348. The Morgan fingerprint density at radius 3 is 2.94 bits per heavy atom. The maximum absolute atomic E-state index is 12.6. The summed E-state index contributed by atoms with van der Waals surface area (Å²) in [5.41, 5.74) is 0.911. The van der Waals surface area contributed by atoms with Crippen LogP contribution < -0.4 is 5.32 Å². The summed E-state index contributed by atoms with van der Waals surface area (Å²) in [6.07, 6.45) is 1.91. The number of hydrogen-bond donors (Lipinski definition) is 1. The second-order valence-electron chi connectivity index (χ2n) is 7.55. The third kappa shape index (κ3) is 6.41. The lowest BCUT2D eigenvalue weighted by Gasteiger charge is -2.30. The number of likely N-dealkylation sites (tertiary alicyclic amines) is 1. The van der Waals surface area contributed by atoms with Crippen molar-refractivity contribution in [3.05, 3.63) is 65.0 Å². The van der Waals surface area contributed by atoms with E-state index < -0.39 is 0 Å². The molecule has 1 fully saturated rings. The highest BCUT2D eigenvalue weighted by atomic mass is 79.9. The average molecular weight is 501 g/mol. The summed E-state index contributed by atoms with van der Waals surface area (Å²) in [7, 11) is 0. The topological polar surface area (TPSA) is 71.3 Å². The minimum atomic E-state index is 0.00273. The van der Waals surface area contributed by atoms with Gasteiger partial charge in [-0.2, -0.15) is 4.98 Å². The normalized spacial score (nSPS) is 16.9. The Hall–Kier alpha value is -2.16. The Kier molecular flexibility index (Phi) is 7.77. The average Bonchev–Trinajstić information content (AvgIpc) is 3.26. The van der Waals surface area contributed by atoms with E-state index >= 15 is 0 Å². The lowest BCUT2D eigenvalue weighted by Crippen LogP contribution is -2.43. The monoisotopic (exact) mass is 500 g/mol. The number of aromatic nitrogens is 2. The second-order valence-corrected chi connectivity index (χ2v) is 9.63. The first-order valence-corrected chi connectivity index (χ1v) is 12.2. The molecule has 1 aliphatic heterocycles. The molecule has 0 radical (unpaired) electrons. The van der Waals surface area contributed by atoms with Crippen molar-refractivity contribution >= 4 is 33.6 Å².